The maximum Gasteiger partial charge on any atom is 0.247 e. The number of rotatable bonds is 6. The maximum absolute atomic E-state index is 12.6. The van der Waals surface area contributed by atoms with Crippen molar-refractivity contribution in [2.24, 2.45) is 0 Å². The molecule has 0 saturated carbocycles. The fourth-order valence-electron chi connectivity index (χ4n) is 2.48. The van der Waals surface area contributed by atoms with Gasteiger partial charge in [-0.15, -0.1) is 0 Å². The van der Waals surface area contributed by atoms with E-state index < -0.39 is 22.0 Å². The smallest absolute Gasteiger partial charge is 0.247 e. The number of Topliss-reactive ketones (excluding diaryl/α,β-unsaturated/α-hetero) is 1. The summed E-state index contributed by atoms with van der Waals surface area (Å²) in [5, 5.41) is 3.00. The third-order valence-electron chi connectivity index (χ3n) is 3.69. The number of nitrogens with zero attached hydrogens (tertiary/aromatic N) is 1. The zero-order valence-corrected chi connectivity index (χ0v) is 16.1. The Morgan fingerprint density at radius 3 is 2.35 bits per heavy atom. The van der Waals surface area contributed by atoms with E-state index in [1.165, 1.54) is 26.0 Å². The quantitative estimate of drug-likeness (QED) is 0.761. The molecule has 0 bridgehead atoms. The highest BCUT2D eigenvalue weighted by molar-refractivity contribution is 7.92. The molecule has 0 radical (unpaired) electrons. The van der Waals surface area contributed by atoms with E-state index in [0.29, 0.717) is 22.0 Å². The average molecular weight is 395 g/mol. The Morgan fingerprint density at radius 2 is 1.77 bits per heavy atom. The molecule has 0 aliphatic rings. The number of sulfonamides is 1. The molecule has 0 aliphatic carbocycles. The second-order valence-electron chi connectivity index (χ2n) is 5.84. The van der Waals surface area contributed by atoms with E-state index in [1.54, 1.807) is 36.4 Å². The monoisotopic (exact) mass is 394 g/mol. The van der Waals surface area contributed by atoms with Crippen LogP contribution in [0.3, 0.4) is 0 Å². The maximum atomic E-state index is 12.6. The van der Waals surface area contributed by atoms with Crippen LogP contribution in [0.5, 0.6) is 0 Å². The van der Waals surface area contributed by atoms with Gasteiger partial charge in [0.25, 0.3) is 0 Å². The molecule has 2 aromatic carbocycles. The molecule has 0 unspecified atom stereocenters. The van der Waals surface area contributed by atoms with E-state index in [0.717, 1.165) is 10.6 Å². The summed E-state index contributed by atoms with van der Waals surface area (Å²) < 4.78 is 25.5. The molecule has 0 fully saturated rings. The van der Waals surface area contributed by atoms with Gasteiger partial charge in [0.05, 0.1) is 11.9 Å². The first kappa shape index (κ1) is 19.9. The minimum absolute atomic E-state index is 0.133. The number of hydrogen-bond donors (Lipinski definition) is 1. The van der Waals surface area contributed by atoms with Gasteiger partial charge in [-0.1, -0.05) is 29.8 Å². The van der Waals surface area contributed by atoms with Gasteiger partial charge in [0.2, 0.25) is 15.9 Å². The summed E-state index contributed by atoms with van der Waals surface area (Å²) in [5.41, 5.74) is 1.15. The number of benzene rings is 2. The van der Waals surface area contributed by atoms with Crippen molar-refractivity contribution in [1.82, 2.24) is 0 Å². The molecule has 8 heteroatoms. The Labute approximate surface area is 157 Å². The van der Waals surface area contributed by atoms with Crippen molar-refractivity contribution < 1.29 is 18.0 Å². The highest BCUT2D eigenvalue weighted by Crippen LogP contribution is 2.24. The van der Waals surface area contributed by atoms with Gasteiger partial charge in [-0.3, -0.25) is 13.9 Å². The van der Waals surface area contributed by atoms with Gasteiger partial charge in [0.15, 0.2) is 5.78 Å². The molecule has 0 spiro atoms. The largest absolute Gasteiger partial charge is 0.324 e. The van der Waals surface area contributed by atoms with Crippen molar-refractivity contribution in [3.05, 3.63) is 59.1 Å². The lowest BCUT2D eigenvalue weighted by molar-refractivity contribution is -0.116. The lowest BCUT2D eigenvalue weighted by Crippen LogP contribution is -2.45. The molecule has 2 aromatic rings. The van der Waals surface area contributed by atoms with Crippen LogP contribution in [0.25, 0.3) is 0 Å². The summed E-state index contributed by atoms with van der Waals surface area (Å²) >= 11 is 5.95. The summed E-state index contributed by atoms with van der Waals surface area (Å²) in [6, 6.07) is 11.7. The van der Waals surface area contributed by atoms with Crippen LogP contribution in [0, 0.1) is 0 Å². The summed E-state index contributed by atoms with van der Waals surface area (Å²) in [5.74, 6) is -0.665. The fourth-order valence-corrected chi connectivity index (χ4v) is 3.84. The molecule has 1 atom stereocenters. The molecular weight excluding hydrogens is 376 g/mol. The summed E-state index contributed by atoms with van der Waals surface area (Å²) in [6.07, 6.45) is 1.02. The zero-order chi connectivity index (χ0) is 19.5. The number of carbonyl (C=O) groups is 2. The molecular formula is C18H19ClN2O4S. The molecule has 0 heterocycles. The van der Waals surface area contributed by atoms with E-state index in [9.17, 15) is 18.0 Å². The van der Waals surface area contributed by atoms with Gasteiger partial charge in [-0.2, -0.15) is 0 Å². The normalized spacial score (nSPS) is 12.3. The summed E-state index contributed by atoms with van der Waals surface area (Å²) in [7, 11) is -3.73. The third-order valence-corrected chi connectivity index (χ3v) is 5.16. The van der Waals surface area contributed by atoms with Gasteiger partial charge in [-0.25, -0.2) is 8.42 Å². The SMILES string of the molecule is CC(=O)c1cccc(NC(=O)[C@@H](C)N(c2cccc(Cl)c2)S(C)(=O)=O)c1. The Balaban J connectivity index is 2.31. The molecule has 1 amide bonds. The minimum atomic E-state index is -3.73. The number of nitrogens with one attached hydrogen (secondary N) is 1. The Hall–Kier alpha value is -2.38. The summed E-state index contributed by atoms with van der Waals surface area (Å²) in [6.45, 7) is 2.90. The predicted octanol–water partition coefficient (Wildman–Crippen LogP) is 3.34. The molecule has 1 N–H and O–H groups in total. The van der Waals surface area contributed by atoms with Gasteiger partial charge < -0.3 is 5.32 Å². The Kier molecular flexibility index (Phi) is 6.05. The van der Waals surface area contributed by atoms with Crippen LogP contribution in [0.4, 0.5) is 11.4 Å². The number of hydrogen-bond acceptors (Lipinski definition) is 4. The van der Waals surface area contributed by atoms with Crippen molar-refractivity contribution in [1.29, 1.82) is 0 Å². The van der Waals surface area contributed by atoms with Gasteiger partial charge in [0, 0.05) is 16.3 Å². The molecule has 0 saturated heterocycles. The van der Waals surface area contributed by atoms with Crippen molar-refractivity contribution in [2.45, 2.75) is 19.9 Å². The molecule has 2 rings (SSSR count). The second-order valence-corrected chi connectivity index (χ2v) is 8.14. The van der Waals surface area contributed by atoms with Crippen LogP contribution in [-0.2, 0) is 14.8 Å². The highest BCUT2D eigenvalue weighted by Gasteiger charge is 2.29. The standard InChI is InChI=1S/C18H19ClN2O4S/c1-12(18(23)20-16-8-4-6-14(10-16)13(2)22)21(26(3,24)25)17-9-5-7-15(19)11-17/h4-12H,1-3H3,(H,20,23)/t12-/m1/s1. The fraction of sp³-hybridized carbons (Fsp3) is 0.222. The van der Waals surface area contributed by atoms with Gasteiger partial charge in [-0.05, 0) is 44.2 Å². The summed E-state index contributed by atoms with van der Waals surface area (Å²) in [4.78, 5) is 24.1. The lowest BCUT2D eigenvalue weighted by Gasteiger charge is -2.28. The van der Waals surface area contributed by atoms with Crippen LogP contribution in [-0.4, -0.2) is 32.4 Å². The van der Waals surface area contributed by atoms with E-state index in [4.69, 9.17) is 11.6 Å². The molecule has 26 heavy (non-hydrogen) atoms. The first-order valence-corrected chi connectivity index (χ1v) is 9.99. The Morgan fingerprint density at radius 1 is 1.12 bits per heavy atom. The van der Waals surface area contributed by atoms with Gasteiger partial charge in [0.1, 0.15) is 6.04 Å². The van der Waals surface area contributed by atoms with Crippen LogP contribution in [0.2, 0.25) is 5.02 Å². The number of carbonyl (C=O) groups excluding carboxylic acids is 2. The van der Waals surface area contributed by atoms with Crippen LogP contribution < -0.4 is 9.62 Å². The molecule has 0 aromatic heterocycles. The molecule has 0 aliphatic heterocycles. The Bertz CT molecular complexity index is 944. The van der Waals surface area contributed by atoms with E-state index in [2.05, 4.69) is 5.32 Å². The topological polar surface area (TPSA) is 83.6 Å². The second kappa shape index (κ2) is 7.88. The van der Waals surface area contributed by atoms with Gasteiger partial charge >= 0.3 is 0 Å². The highest BCUT2D eigenvalue weighted by atomic mass is 35.5. The number of ketones is 1. The van der Waals surface area contributed by atoms with E-state index >= 15 is 0 Å². The van der Waals surface area contributed by atoms with E-state index in [1.807, 2.05) is 0 Å². The van der Waals surface area contributed by atoms with Crippen molar-refractivity contribution in [3.63, 3.8) is 0 Å². The van der Waals surface area contributed by atoms with Crippen molar-refractivity contribution in [3.8, 4) is 0 Å². The number of amides is 1. The van der Waals surface area contributed by atoms with Crippen LogP contribution in [0.15, 0.2) is 48.5 Å². The average Bonchev–Trinajstić information content (AvgIpc) is 2.53. The number of anilines is 2. The first-order valence-electron chi connectivity index (χ1n) is 7.76. The predicted molar refractivity (Wildman–Crippen MR) is 103 cm³/mol. The van der Waals surface area contributed by atoms with Crippen molar-refractivity contribution in [2.75, 3.05) is 15.9 Å². The van der Waals surface area contributed by atoms with Crippen LogP contribution >= 0.6 is 11.6 Å². The number of halogens is 1. The lowest BCUT2D eigenvalue weighted by atomic mass is 10.1. The van der Waals surface area contributed by atoms with Crippen LogP contribution in [0.1, 0.15) is 24.2 Å². The molecule has 6 nitrogen and oxygen atoms in total. The minimum Gasteiger partial charge on any atom is -0.324 e. The zero-order valence-electron chi connectivity index (χ0n) is 14.6. The first-order chi connectivity index (χ1) is 12.1. The third kappa shape index (κ3) is 4.83. The van der Waals surface area contributed by atoms with Crippen molar-refractivity contribution >= 4 is 44.7 Å². The van der Waals surface area contributed by atoms with E-state index in [-0.39, 0.29) is 5.78 Å². The molecule has 138 valence electrons.